The zero-order valence-corrected chi connectivity index (χ0v) is 18.1. The molecule has 0 aromatic carbocycles. The Labute approximate surface area is 188 Å². The number of halogens is 3. The van der Waals surface area contributed by atoms with Crippen LogP contribution in [0.5, 0.6) is 0 Å². The van der Waals surface area contributed by atoms with Crippen molar-refractivity contribution in [1.82, 2.24) is 25.0 Å². The number of aryl methyl sites for hydroxylation is 1. The van der Waals surface area contributed by atoms with Gasteiger partial charge in [0.05, 0.1) is 29.7 Å². The molecule has 0 radical (unpaired) electrons. The Balaban J connectivity index is 0.000000383. The first-order chi connectivity index (χ1) is 15.6. The first kappa shape index (κ1) is 24.6. The molecule has 9 nitrogen and oxygen atoms in total. The van der Waals surface area contributed by atoms with E-state index in [9.17, 15) is 18.0 Å². The average Bonchev–Trinajstić information content (AvgIpc) is 3.19. The molecule has 0 aliphatic carbocycles. The van der Waals surface area contributed by atoms with Gasteiger partial charge in [-0.3, -0.25) is 19.4 Å². The third-order valence-electron chi connectivity index (χ3n) is 5.53. The van der Waals surface area contributed by atoms with E-state index < -0.39 is 12.1 Å². The summed E-state index contributed by atoms with van der Waals surface area (Å²) in [5.74, 6) is -2.44. The molecule has 2 saturated heterocycles. The molecule has 12 heteroatoms. The number of nitrogens with zero attached hydrogens (tertiary/aromatic N) is 4. The number of alkyl halides is 3. The summed E-state index contributed by atoms with van der Waals surface area (Å²) in [6.45, 7) is 4.19. The molecule has 4 heterocycles. The molecule has 2 aliphatic rings. The Morgan fingerprint density at radius 1 is 1.33 bits per heavy atom. The summed E-state index contributed by atoms with van der Waals surface area (Å²) in [5, 5.41) is 14.2. The number of carboxylic acids is 1. The minimum atomic E-state index is -5.08. The van der Waals surface area contributed by atoms with E-state index in [0.717, 1.165) is 38.2 Å². The Morgan fingerprint density at radius 2 is 2.06 bits per heavy atom. The second-order valence-electron chi connectivity index (χ2n) is 8.28. The monoisotopic (exact) mass is 469 g/mol. The van der Waals surface area contributed by atoms with Gasteiger partial charge < -0.3 is 15.2 Å². The van der Waals surface area contributed by atoms with Gasteiger partial charge in [0.2, 0.25) is 0 Å². The molecule has 33 heavy (non-hydrogen) atoms. The van der Waals surface area contributed by atoms with Gasteiger partial charge in [0.15, 0.2) is 0 Å². The summed E-state index contributed by atoms with van der Waals surface area (Å²) in [6.07, 6.45) is 2.22. The quantitative estimate of drug-likeness (QED) is 0.688. The maximum absolute atomic E-state index is 12.1. The van der Waals surface area contributed by atoms with Crippen molar-refractivity contribution in [3.63, 3.8) is 0 Å². The van der Waals surface area contributed by atoms with Crippen molar-refractivity contribution in [3.8, 4) is 0 Å². The van der Waals surface area contributed by atoms with Crippen LogP contribution in [0.15, 0.2) is 36.8 Å². The molecular formula is C21H26F3N5O4. The number of nitrogens with one attached hydrogen (secondary N) is 1. The van der Waals surface area contributed by atoms with E-state index in [4.69, 9.17) is 14.6 Å². The van der Waals surface area contributed by atoms with E-state index in [1.54, 1.807) is 24.1 Å². The fourth-order valence-corrected chi connectivity index (χ4v) is 3.81. The fourth-order valence-electron chi connectivity index (χ4n) is 3.81. The predicted molar refractivity (Wildman–Crippen MR) is 110 cm³/mol. The summed E-state index contributed by atoms with van der Waals surface area (Å²) >= 11 is 0. The van der Waals surface area contributed by atoms with Gasteiger partial charge in [-0.2, -0.15) is 18.3 Å². The third-order valence-corrected chi connectivity index (χ3v) is 5.53. The molecule has 1 atom stereocenters. The van der Waals surface area contributed by atoms with E-state index in [0.29, 0.717) is 24.6 Å². The molecule has 1 amide bonds. The average molecular weight is 469 g/mol. The van der Waals surface area contributed by atoms with Crippen molar-refractivity contribution >= 4 is 11.9 Å². The summed E-state index contributed by atoms with van der Waals surface area (Å²) in [6, 6.07) is 6.03. The highest BCUT2D eigenvalue weighted by atomic mass is 19.4. The first-order valence-corrected chi connectivity index (χ1v) is 10.4. The lowest BCUT2D eigenvalue weighted by Crippen LogP contribution is -2.64. The lowest BCUT2D eigenvalue weighted by atomic mass is 9.83. The Morgan fingerprint density at radius 3 is 2.58 bits per heavy atom. The fraction of sp³-hybridized carbons (Fsp3) is 0.524. The van der Waals surface area contributed by atoms with Crippen molar-refractivity contribution in [2.45, 2.75) is 31.2 Å². The first-order valence-electron chi connectivity index (χ1n) is 10.4. The molecule has 4 rings (SSSR count). The maximum atomic E-state index is 12.1. The van der Waals surface area contributed by atoms with Gasteiger partial charge in [0.1, 0.15) is 0 Å². The van der Waals surface area contributed by atoms with E-state index in [1.165, 1.54) is 0 Å². The van der Waals surface area contributed by atoms with Crippen LogP contribution in [-0.2, 0) is 23.1 Å². The van der Waals surface area contributed by atoms with Gasteiger partial charge >= 0.3 is 12.1 Å². The number of ether oxygens (including phenoxy) is 1. The molecule has 2 aliphatic heterocycles. The van der Waals surface area contributed by atoms with Crippen LogP contribution in [0.4, 0.5) is 13.2 Å². The molecule has 2 N–H and O–H groups in total. The summed E-state index contributed by atoms with van der Waals surface area (Å²) in [4.78, 5) is 27.8. The molecule has 2 aromatic rings. The number of carbonyl (C=O) groups is 2. The third kappa shape index (κ3) is 6.99. The number of amides is 1. The van der Waals surface area contributed by atoms with Crippen molar-refractivity contribution in [3.05, 3.63) is 48.0 Å². The summed E-state index contributed by atoms with van der Waals surface area (Å²) < 4.78 is 39.6. The zero-order chi connectivity index (χ0) is 24.1. The molecule has 0 saturated carbocycles. The van der Waals surface area contributed by atoms with Crippen LogP contribution < -0.4 is 5.32 Å². The minimum absolute atomic E-state index is 0.0125. The van der Waals surface area contributed by atoms with Crippen molar-refractivity contribution in [2.75, 3.05) is 26.2 Å². The van der Waals surface area contributed by atoms with Crippen LogP contribution in [0, 0.1) is 5.92 Å². The lowest BCUT2D eigenvalue weighted by Gasteiger charge is -2.52. The van der Waals surface area contributed by atoms with Crippen LogP contribution >= 0.6 is 0 Å². The number of carbonyl (C=O) groups excluding carboxylic acids is 1. The second-order valence-corrected chi connectivity index (χ2v) is 8.28. The highest BCUT2D eigenvalue weighted by Gasteiger charge is 2.46. The van der Waals surface area contributed by atoms with Gasteiger partial charge in [-0.05, 0) is 30.9 Å². The summed E-state index contributed by atoms with van der Waals surface area (Å²) in [7, 11) is 1.81. The van der Waals surface area contributed by atoms with Gasteiger partial charge in [-0.1, -0.05) is 6.07 Å². The maximum Gasteiger partial charge on any atom is 0.490 e. The van der Waals surface area contributed by atoms with Crippen LogP contribution in [0.25, 0.3) is 0 Å². The highest BCUT2D eigenvalue weighted by molar-refractivity contribution is 5.93. The molecule has 180 valence electrons. The summed E-state index contributed by atoms with van der Waals surface area (Å²) in [5.41, 5.74) is 1.72. The predicted octanol–water partition coefficient (Wildman–Crippen LogP) is 1.86. The number of pyridine rings is 1. The highest BCUT2D eigenvalue weighted by Crippen LogP contribution is 2.36. The number of hydrogen-bond acceptors (Lipinski definition) is 6. The standard InChI is InChI=1S/C19H25N5O2.C2HF3O2/c1-23-10-16(9-22-23)18(25)21-8-15-5-6-19(26-12-15)13-24(14-19)11-17-4-2-3-7-20-17;3-2(4,5)1(6)7/h2-4,7,9-10,15H,5-6,8,11-14H2,1H3,(H,21,25);(H,6,7). The van der Waals surface area contributed by atoms with Gasteiger partial charge in [0, 0.05) is 45.6 Å². The lowest BCUT2D eigenvalue weighted by molar-refractivity contribution is -0.192. The van der Waals surface area contributed by atoms with Crippen LogP contribution in [0.2, 0.25) is 0 Å². The zero-order valence-electron chi connectivity index (χ0n) is 18.1. The number of aliphatic carboxylic acids is 1. The van der Waals surface area contributed by atoms with Crippen LogP contribution in [-0.4, -0.2) is 74.7 Å². The van der Waals surface area contributed by atoms with Crippen molar-refractivity contribution < 1.29 is 32.6 Å². The smallest absolute Gasteiger partial charge is 0.475 e. The van der Waals surface area contributed by atoms with E-state index in [2.05, 4.69) is 26.4 Å². The van der Waals surface area contributed by atoms with Crippen molar-refractivity contribution in [1.29, 1.82) is 0 Å². The Kier molecular flexibility index (Phi) is 7.69. The Bertz CT molecular complexity index is 935. The number of rotatable bonds is 5. The van der Waals surface area contributed by atoms with E-state index in [1.807, 2.05) is 18.3 Å². The van der Waals surface area contributed by atoms with Gasteiger partial charge in [0.25, 0.3) is 5.91 Å². The van der Waals surface area contributed by atoms with Crippen molar-refractivity contribution in [2.24, 2.45) is 13.0 Å². The number of likely N-dealkylation sites (tertiary alicyclic amines) is 1. The minimum Gasteiger partial charge on any atom is -0.475 e. The molecular weight excluding hydrogens is 443 g/mol. The number of aromatic nitrogens is 3. The molecule has 1 spiro atoms. The second kappa shape index (κ2) is 10.3. The molecule has 0 bridgehead atoms. The van der Waals surface area contributed by atoms with E-state index in [-0.39, 0.29) is 11.5 Å². The van der Waals surface area contributed by atoms with Gasteiger partial charge in [-0.15, -0.1) is 0 Å². The van der Waals surface area contributed by atoms with E-state index >= 15 is 0 Å². The number of carboxylic acid groups (broad SMARTS) is 1. The topological polar surface area (TPSA) is 110 Å². The van der Waals surface area contributed by atoms with Gasteiger partial charge in [-0.25, -0.2) is 4.79 Å². The molecule has 2 aromatic heterocycles. The molecule has 2 fully saturated rings. The van der Waals surface area contributed by atoms with Crippen LogP contribution in [0.1, 0.15) is 28.9 Å². The molecule has 1 unspecified atom stereocenters. The Hall–Kier alpha value is -2.99. The number of hydrogen-bond donors (Lipinski definition) is 2. The SMILES string of the molecule is Cn1cc(C(=O)NCC2CCC3(CN(Cc4ccccn4)C3)OC2)cn1.O=C(O)C(F)(F)F. The largest absolute Gasteiger partial charge is 0.490 e. The normalized spacial score (nSPS) is 19.8. The van der Waals surface area contributed by atoms with Crippen LogP contribution in [0.3, 0.4) is 0 Å².